The summed E-state index contributed by atoms with van der Waals surface area (Å²) in [5, 5.41) is 27.8. The molecule has 7 rings (SSSR count). The molecule has 0 radical (unpaired) electrons. The summed E-state index contributed by atoms with van der Waals surface area (Å²) in [4.78, 5) is 54.8. The summed E-state index contributed by atoms with van der Waals surface area (Å²) in [6.07, 6.45) is 2.57. The maximum absolute atomic E-state index is 13.6. The molecule has 3 fully saturated rings. The van der Waals surface area contributed by atoms with Gasteiger partial charge < -0.3 is 81.5 Å². The summed E-state index contributed by atoms with van der Waals surface area (Å²) in [5.41, 5.74) is 0.136. The van der Waals surface area contributed by atoms with Crippen molar-refractivity contribution in [3.05, 3.63) is 53.5 Å². The Morgan fingerprint density at radius 1 is 0.843 bits per heavy atom. The lowest BCUT2D eigenvalue weighted by Gasteiger charge is -2.40. The summed E-state index contributed by atoms with van der Waals surface area (Å²) in [7, 11) is -7.79. The highest BCUT2D eigenvalue weighted by atomic mass is 31.2. The van der Waals surface area contributed by atoms with Crippen molar-refractivity contribution in [2.24, 2.45) is 5.92 Å². The van der Waals surface area contributed by atoms with Crippen LogP contribution in [-0.2, 0) is 83.6 Å². The first-order chi connectivity index (χ1) is 39.9. The average Bonchev–Trinajstić information content (AvgIpc) is 3.07. The van der Waals surface area contributed by atoms with Gasteiger partial charge in [-0.3, -0.25) is 18.7 Å². The molecule has 2 aliphatic heterocycles. The molecule has 83 heavy (non-hydrogen) atoms. The van der Waals surface area contributed by atoms with Crippen LogP contribution in [0.25, 0.3) is 11.0 Å². The Morgan fingerprint density at radius 2 is 1.43 bits per heavy atom. The molecule has 3 unspecified atom stereocenters. The summed E-state index contributed by atoms with van der Waals surface area (Å²) >= 11 is 0. The SMILES string of the molecule is CCCC(OP(=O)(CP(=O)(O)O)OC)[C@H]1CC12O[C@@H](n1ncc3c(N4CC(NC(=O)CCOCCOCCOCCOCc5cn(CCOCCOCCOCCOCCC(=O)Oc6c(F)cc(F)cc6F)nn5)C4)nc(C)nc31)C[C@@H]2O. The van der Waals surface area contributed by atoms with Crippen LogP contribution in [0.3, 0.4) is 0 Å². The van der Waals surface area contributed by atoms with Crippen LogP contribution in [0.2, 0.25) is 0 Å². The number of hydrogen-bond donors (Lipinski definition) is 4. The van der Waals surface area contributed by atoms with Gasteiger partial charge in [-0.15, -0.1) is 5.10 Å². The highest BCUT2D eigenvalue weighted by Crippen LogP contribution is 2.65. The second-order valence-electron chi connectivity index (χ2n) is 19.7. The monoisotopic (exact) mass is 1220 g/mol. The van der Waals surface area contributed by atoms with Crippen LogP contribution in [0, 0.1) is 30.3 Å². The fourth-order valence-electron chi connectivity index (χ4n) is 9.24. The number of aromatic nitrogens is 7. The highest BCUT2D eigenvalue weighted by Gasteiger charge is 2.68. The standard InChI is InChI=1S/C50H74F3N9O19P2/c1-4-5-42(81-83(69,70-3)33-82(66,67)68)39-27-50(39)43(63)26-45(80-50)62-49-38(28-54-62)48(55-34(2)56-49)60-29-36(30-60)57-44(64)6-9-71-12-15-74-20-21-77-22-23-78-32-37-31-61(59-58-37)8-11-73-14-17-76-19-18-75-16-13-72-10-7-46(65)79-47-40(52)24-35(51)25-41(47)53/h24-25,28,31,36,39,42-43,45,63H,4-23,26-27,29-30,32-33H2,1-3H3,(H,57,64)(H2,66,67,68)/t39-,42?,43+,45-,50?,83?/m1/s1. The number of nitrogens with one attached hydrogen (secondary N) is 1. The molecule has 1 saturated carbocycles. The van der Waals surface area contributed by atoms with Gasteiger partial charge in [-0.1, -0.05) is 18.6 Å². The molecular formula is C50H74F3N9O19P2. The second-order valence-corrected chi connectivity index (χ2v) is 24.0. The number of amides is 1. The van der Waals surface area contributed by atoms with Gasteiger partial charge in [0.1, 0.15) is 28.8 Å². The lowest BCUT2D eigenvalue weighted by molar-refractivity contribution is -0.136. The zero-order chi connectivity index (χ0) is 59.4. The number of aryl methyl sites for hydroxylation is 1. The number of carbonyl (C=O) groups is 2. The van der Waals surface area contributed by atoms with Crippen molar-refractivity contribution in [1.82, 2.24) is 40.1 Å². The van der Waals surface area contributed by atoms with Crippen LogP contribution in [0.1, 0.15) is 63.2 Å². The van der Waals surface area contributed by atoms with E-state index in [1.165, 1.54) is 0 Å². The third kappa shape index (κ3) is 20.2. The number of esters is 1. The number of benzene rings is 1. The molecule has 2 saturated heterocycles. The fraction of sp³-hybridized carbons (Fsp3) is 0.700. The van der Waals surface area contributed by atoms with Gasteiger partial charge in [0.25, 0.3) is 0 Å². The molecular weight excluding hydrogens is 1150 g/mol. The number of ether oxygens (including phenoxy) is 10. The van der Waals surface area contributed by atoms with Crippen LogP contribution in [0.4, 0.5) is 19.0 Å². The minimum Gasteiger partial charge on any atom is -0.420 e. The van der Waals surface area contributed by atoms with E-state index in [-0.39, 0.29) is 64.2 Å². The molecule has 3 aromatic heterocycles. The van der Waals surface area contributed by atoms with Crippen LogP contribution < -0.4 is 15.0 Å². The average molecular weight is 1220 g/mol. The van der Waals surface area contributed by atoms with Crippen molar-refractivity contribution in [2.45, 2.75) is 95.6 Å². The number of hydrogen-bond acceptors (Lipinski definition) is 23. The Hall–Kier alpha value is -4.66. The summed E-state index contributed by atoms with van der Waals surface area (Å²) in [6, 6.07) is 0.729. The lowest BCUT2D eigenvalue weighted by Crippen LogP contribution is -2.59. The Balaban J connectivity index is 0.645. The Kier molecular flexibility index (Phi) is 25.5. The summed E-state index contributed by atoms with van der Waals surface area (Å²) < 4.78 is 134. The third-order valence-electron chi connectivity index (χ3n) is 13.3. The molecule has 6 atom stereocenters. The van der Waals surface area contributed by atoms with E-state index in [1.807, 2.05) is 11.8 Å². The third-order valence-corrected chi connectivity index (χ3v) is 17.3. The number of aliphatic hydroxyl groups excluding tert-OH is 1. The number of aliphatic hydroxyl groups is 1. The smallest absolute Gasteiger partial charge is 0.342 e. The van der Waals surface area contributed by atoms with E-state index in [4.69, 9.17) is 51.7 Å². The van der Waals surface area contributed by atoms with Gasteiger partial charge in [0.15, 0.2) is 29.4 Å². The van der Waals surface area contributed by atoms with Crippen molar-refractivity contribution in [1.29, 1.82) is 0 Å². The van der Waals surface area contributed by atoms with Crippen molar-refractivity contribution >= 4 is 43.9 Å². The Morgan fingerprint density at radius 3 is 2.04 bits per heavy atom. The molecule has 33 heteroatoms. The van der Waals surface area contributed by atoms with Crippen molar-refractivity contribution in [2.75, 3.05) is 130 Å². The number of nitrogens with zero attached hydrogens (tertiary/aromatic N) is 8. The topological polar surface area (TPSA) is 329 Å². The minimum absolute atomic E-state index is 0.0604. The molecule has 5 heterocycles. The van der Waals surface area contributed by atoms with Gasteiger partial charge >= 0.3 is 21.2 Å². The van der Waals surface area contributed by atoms with E-state index in [9.17, 15) is 46.8 Å². The predicted octanol–water partition coefficient (Wildman–Crippen LogP) is 3.37. The first kappa shape index (κ1) is 65.9. The lowest BCUT2D eigenvalue weighted by atomic mass is 10.0. The van der Waals surface area contributed by atoms with Crippen LogP contribution in [0.15, 0.2) is 24.5 Å². The van der Waals surface area contributed by atoms with E-state index < -0.39 is 80.2 Å². The minimum atomic E-state index is -4.72. The number of anilines is 1. The first-order valence-electron chi connectivity index (χ1n) is 27.2. The van der Waals surface area contributed by atoms with E-state index in [0.717, 1.165) is 7.11 Å². The maximum Gasteiger partial charge on any atom is 0.342 e. The fourth-order valence-corrected chi connectivity index (χ4v) is 12.5. The van der Waals surface area contributed by atoms with Crippen LogP contribution >= 0.6 is 15.2 Å². The molecule has 1 aliphatic carbocycles. The van der Waals surface area contributed by atoms with Crippen molar-refractivity contribution in [3.8, 4) is 5.75 Å². The molecule has 0 bridgehead atoms. The molecule has 4 aromatic rings. The van der Waals surface area contributed by atoms with E-state index in [2.05, 4.69) is 35.4 Å². The molecule has 4 N–H and O–H groups in total. The van der Waals surface area contributed by atoms with E-state index in [0.29, 0.717) is 152 Å². The van der Waals surface area contributed by atoms with Gasteiger partial charge in [0, 0.05) is 51.1 Å². The second kappa shape index (κ2) is 32.2. The largest absolute Gasteiger partial charge is 0.420 e. The van der Waals surface area contributed by atoms with Gasteiger partial charge in [0.05, 0.1) is 155 Å². The highest BCUT2D eigenvalue weighted by molar-refractivity contribution is 7.70. The molecule has 28 nitrogen and oxygen atoms in total. The maximum atomic E-state index is 13.6. The number of halogens is 3. The van der Waals surface area contributed by atoms with Gasteiger partial charge in [0.2, 0.25) is 11.7 Å². The van der Waals surface area contributed by atoms with E-state index >= 15 is 0 Å². The summed E-state index contributed by atoms with van der Waals surface area (Å²) in [5.74, 6) is -6.10. The summed E-state index contributed by atoms with van der Waals surface area (Å²) in [6.45, 7) is 9.89. The van der Waals surface area contributed by atoms with Crippen molar-refractivity contribution in [3.63, 3.8) is 0 Å². The predicted molar refractivity (Wildman–Crippen MR) is 284 cm³/mol. The van der Waals surface area contributed by atoms with E-state index in [1.54, 1.807) is 28.7 Å². The van der Waals surface area contributed by atoms with Gasteiger partial charge in [-0.25, -0.2) is 32.5 Å². The van der Waals surface area contributed by atoms with Crippen molar-refractivity contribution < 1.29 is 103 Å². The van der Waals surface area contributed by atoms with Crippen LogP contribution in [0.5, 0.6) is 5.75 Å². The zero-order valence-electron chi connectivity index (χ0n) is 46.6. The zero-order valence-corrected chi connectivity index (χ0v) is 48.3. The number of fused-ring (bicyclic) bond motifs is 1. The Bertz CT molecular complexity index is 2770. The Labute approximate surface area is 476 Å². The quantitative estimate of drug-likeness (QED) is 0.0214. The van der Waals surface area contributed by atoms with Gasteiger partial charge in [-0.05, 0) is 19.8 Å². The normalized spacial score (nSPS) is 20.1. The molecule has 1 aromatic carbocycles. The number of rotatable bonds is 41. The van der Waals surface area contributed by atoms with Gasteiger partial charge in [-0.2, -0.15) is 5.10 Å². The number of carbonyl (C=O) groups excluding carboxylic acids is 2. The van der Waals surface area contributed by atoms with Crippen LogP contribution in [-0.4, -0.2) is 211 Å². The molecule has 3 aliphatic rings. The first-order valence-corrected chi connectivity index (χ1v) is 30.8. The molecule has 1 amide bonds. The molecule has 1 spiro atoms. The molecule has 464 valence electrons.